The third-order valence-corrected chi connectivity index (χ3v) is 6.46. The Hall–Kier alpha value is -3.08. The molecule has 1 aliphatic heterocycles. The highest BCUT2D eigenvalue weighted by Gasteiger charge is 2.35. The van der Waals surface area contributed by atoms with Gasteiger partial charge in [0.25, 0.3) is 5.91 Å². The minimum absolute atomic E-state index is 0.124. The van der Waals surface area contributed by atoms with E-state index in [1.54, 1.807) is 7.05 Å². The van der Waals surface area contributed by atoms with Crippen molar-refractivity contribution in [2.24, 2.45) is 4.99 Å². The number of hydrogen-bond acceptors (Lipinski definition) is 4. The number of allylic oxidation sites excluding steroid dienone is 3. The summed E-state index contributed by atoms with van der Waals surface area (Å²) in [4.78, 5) is 19.4. The molecule has 188 valence electrons. The van der Waals surface area contributed by atoms with Crippen molar-refractivity contribution in [2.45, 2.75) is 24.1 Å². The summed E-state index contributed by atoms with van der Waals surface area (Å²) >= 11 is 17.6. The third kappa shape index (κ3) is 5.35. The normalized spacial score (nSPS) is 20.0. The van der Waals surface area contributed by atoms with Gasteiger partial charge in [-0.2, -0.15) is 13.2 Å². The highest BCUT2D eigenvalue weighted by Crippen LogP contribution is 2.37. The molecule has 2 aliphatic rings. The highest BCUT2D eigenvalue weighted by molar-refractivity contribution is 7.80. The number of nitrogens with one attached hydrogen (secondary N) is 2. The maximum atomic E-state index is 13.3. The molecule has 12 heteroatoms. The van der Waals surface area contributed by atoms with Crippen LogP contribution < -0.4 is 16.4 Å². The Bertz CT molecular complexity index is 1310. The molecule has 0 spiro atoms. The third-order valence-electron chi connectivity index (χ3n) is 5.62. The number of likely N-dealkylation sites (N-methyl/N-ethyl adjacent to an activating group) is 1. The van der Waals surface area contributed by atoms with Crippen molar-refractivity contribution in [3.05, 3.63) is 82.0 Å². The Morgan fingerprint density at radius 1 is 1.25 bits per heavy atom. The lowest BCUT2D eigenvalue weighted by atomic mass is 9.94. The first-order chi connectivity index (χ1) is 17.0. The molecular formula is C24H20Cl2F3N5OS. The fourth-order valence-corrected chi connectivity index (χ4v) is 4.49. The van der Waals surface area contributed by atoms with E-state index in [9.17, 15) is 18.0 Å². The van der Waals surface area contributed by atoms with Gasteiger partial charge in [0.1, 0.15) is 0 Å². The van der Waals surface area contributed by atoms with E-state index in [-0.39, 0.29) is 26.9 Å². The topological polar surface area (TPSA) is 82.8 Å². The first kappa shape index (κ1) is 26.0. The van der Waals surface area contributed by atoms with Crippen LogP contribution in [-0.2, 0) is 11.0 Å². The van der Waals surface area contributed by atoms with Gasteiger partial charge in [0.15, 0.2) is 5.11 Å². The van der Waals surface area contributed by atoms with Crippen LogP contribution in [0.5, 0.6) is 0 Å². The van der Waals surface area contributed by atoms with Crippen LogP contribution in [0.4, 0.5) is 24.5 Å². The van der Waals surface area contributed by atoms with E-state index in [1.807, 2.05) is 42.5 Å². The predicted octanol–water partition coefficient (Wildman–Crippen LogP) is 5.34. The minimum Gasteiger partial charge on any atom is -0.396 e. The Morgan fingerprint density at radius 2 is 1.94 bits per heavy atom. The average molecular weight is 554 g/mol. The number of benzene rings is 2. The minimum atomic E-state index is -4.64. The van der Waals surface area contributed by atoms with Gasteiger partial charge < -0.3 is 21.3 Å². The summed E-state index contributed by atoms with van der Waals surface area (Å²) in [7, 11) is 1.61. The molecule has 4 rings (SSSR count). The SMILES string of the molecule is CN1C(=O)C(NC(=S)Nc2cc(C(F)(F)F)cc(Cl)c2N)N=C(c2ccccc2)C2=CC(Cl)CC=C21. The largest absolute Gasteiger partial charge is 0.416 e. The van der Waals surface area contributed by atoms with Crippen molar-refractivity contribution in [1.82, 2.24) is 10.2 Å². The molecule has 2 atom stereocenters. The number of fused-ring (bicyclic) bond motifs is 1. The molecule has 2 aromatic carbocycles. The molecule has 1 heterocycles. The molecule has 2 unspecified atom stereocenters. The average Bonchev–Trinajstić information content (AvgIpc) is 2.92. The fourth-order valence-electron chi connectivity index (χ4n) is 3.83. The number of halogens is 5. The van der Waals surface area contributed by atoms with Gasteiger partial charge in [0, 0.05) is 23.9 Å². The zero-order valence-electron chi connectivity index (χ0n) is 18.7. The molecule has 0 radical (unpaired) electrons. The smallest absolute Gasteiger partial charge is 0.396 e. The van der Waals surface area contributed by atoms with E-state index in [0.717, 1.165) is 17.7 Å². The van der Waals surface area contributed by atoms with Crippen LogP contribution in [0.25, 0.3) is 0 Å². The molecule has 6 nitrogen and oxygen atoms in total. The number of hydrogen-bond donors (Lipinski definition) is 3. The first-order valence-electron chi connectivity index (χ1n) is 10.7. The van der Waals surface area contributed by atoms with Crippen molar-refractivity contribution in [3.63, 3.8) is 0 Å². The lowest BCUT2D eigenvalue weighted by Gasteiger charge is -2.25. The molecule has 4 N–H and O–H groups in total. The fraction of sp³-hybridized carbons (Fsp3) is 0.208. The Balaban J connectivity index is 1.69. The molecule has 0 fully saturated rings. The predicted molar refractivity (Wildman–Crippen MR) is 140 cm³/mol. The van der Waals surface area contributed by atoms with Crippen LogP contribution in [-0.4, -0.2) is 40.2 Å². The maximum Gasteiger partial charge on any atom is 0.416 e. The van der Waals surface area contributed by atoms with Gasteiger partial charge in [-0.15, -0.1) is 11.6 Å². The molecule has 1 aliphatic carbocycles. The number of alkyl halides is 4. The summed E-state index contributed by atoms with van der Waals surface area (Å²) in [6.45, 7) is 0. The number of nitrogen functional groups attached to an aromatic ring is 1. The van der Waals surface area contributed by atoms with Crippen molar-refractivity contribution in [2.75, 3.05) is 18.1 Å². The van der Waals surface area contributed by atoms with Crippen LogP contribution in [0.2, 0.25) is 5.02 Å². The molecular weight excluding hydrogens is 534 g/mol. The second-order valence-electron chi connectivity index (χ2n) is 8.08. The maximum absolute atomic E-state index is 13.3. The quantitative estimate of drug-likeness (QED) is 0.271. The zero-order valence-corrected chi connectivity index (χ0v) is 21.1. The van der Waals surface area contributed by atoms with Crippen molar-refractivity contribution >= 4 is 63.5 Å². The van der Waals surface area contributed by atoms with Crippen LogP contribution in [0.15, 0.2) is 70.9 Å². The van der Waals surface area contributed by atoms with Gasteiger partial charge in [-0.3, -0.25) is 4.79 Å². The number of rotatable bonds is 3. The molecule has 36 heavy (non-hydrogen) atoms. The molecule has 2 aromatic rings. The monoisotopic (exact) mass is 553 g/mol. The molecule has 0 bridgehead atoms. The number of nitrogens with two attached hydrogens (primary N) is 1. The number of carbonyl (C=O) groups excluding carboxylic acids is 1. The van der Waals surface area contributed by atoms with Gasteiger partial charge >= 0.3 is 6.18 Å². The molecule has 0 saturated heterocycles. The summed E-state index contributed by atoms with van der Waals surface area (Å²) in [5.74, 6) is -0.426. The summed E-state index contributed by atoms with van der Waals surface area (Å²) < 4.78 is 39.7. The molecule has 0 aromatic heterocycles. The van der Waals surface area contributed by atoms with E-state index in [0.29, 0.717) is 23.4 Å². The van der Waals surface area contributed by atoms with Gasteiger partial charge in [-0.1, -0.05) is 54.1 Å². The number of anilines is 2. The number of nitrogens with zero attached hydrogens (tertiary/aromatic N) is 2. The van der Waals surface area contributed by atoms with Gasteiger partial charge in [0.2, 0.25) is 6.17 Å². The summed E-state index contributed by atoms with van der Waals surface area (Å²) in [6.07, 6.45) is -1.58. The Morgan fingerprint density at radius 3 is 2.61 bits per heavy atom. The van der Waals surface area contributed by atoms with Gasteiger partial charge in [-0.05, 0) is 30.8 Å². The standard InChI is InChI=1S/C24H20Cl2F3N5OS/c1-34-18-8-7-14(25)11-15(18)20(12-5-3-2-4-6-12)32-21(22(34)35)33-23(36)31-17-10-13(24(27,28)29)9-16(26)19(17)30/h2-6,8-11,14,21H,7,30H2,1H3,(H2,31,33,36). The van der Waals surface area contributed by atoms with Gasteiger partial charge in [-0.25, -0.2) is 4.99 Å². The first-order valence-corrected chi connectivity index (χ1v) is 11.9. The summed E-state index contributed by atoms with van der Waals surface area (Å²) in [5.41, 5.74) is 7.20. The van der Waals surface area contributed by atoms with Gasteiger partial charge in [0.05, 0.1) is 33.0 Å². The van der Waals surface area contributed by atoms with Crippen molar-refractivity contribution < 1.29 is 18.0 Å². The van der Waals surface area contributed by atoms with E-state index >= 15 is 0 Å². The number of thiocarbonyl (C=S) groups is 1. The van der Waals surface area contributed by atoms with E-state index in [4.69, 9.17) is 41.2 Å². The lowest BCUT2D eigenvalue weighted by molar-refractivity contribution is -0.137. The van der Waals surface area contributed by atoms with Crippen LogP contribution in [0, 0.1) is 0 Å². The van der Waals surface area contributed by atoms with E-state index < -0.39 is 23.8 Å². The lowest BCUT2D eigenvalue weighted by Crippen LogP contribution is -2.46. The second kappa shape index (κ2) is 10.1. The number of aliphatic imine (C=N–C) groups is 1. The summed E-state index contributed by atoms with van der Waals surface area (Å²) in [6, 6.07) is 10.8. The highest BCUT2D eigenvalue weighted by atomic mass is 35.5. The van der Waals surface area contributed by atoms with Crippen LogP contribution >= 0.6 is 35.4 Å². The summed E-state index contributed by atoms with van der Waals surface area (Å²) in [5, 5.41) is 4.67. The van der Waals surface area contributed by atoms with Crippen molar-refractivity contribution in [1.29, 1.82) is 0 Å². The zero-order chi connectivity index (χ0) is 26.2. The van der Waals surface area contributed by atoms with E-state index in [2.05, 4.69) is 15.6 Å². The molecule has 1 amide bonds. The van der Waals surface area contributed by atoms with E-state index in [1.165, 1.54) is 4.90 Å². The second-order valence-corrected chi connectivity index (χ2v) is 9.46. The van der Waals surface area contributed by atoms with Crippen LogP contribution in [0.1, 0.15) is 17.5 Å². The number of carbonyl (C=O) groups is 1. The Kier molecular flexibility index (Phi) is 7.31. The van der Waals surface area contributed by atoms with Crippen molar-refractivity contribution in [3.8, 4) is 0 Å². The number of amides is 1. The van der Waals surface area contributed by atoms with Crippen LogP contribution in [0.3, 0.4) is 0 Å². The molecule has 0 saturated carbocycles. The Labute approximate surface area is 220 Å².